The maximum absolute atomic E-state index is 6.55. The fourth-order valence-corrected chi connectivity index (χ4v) is 3.90. The lowest BCUT2D eigenvalue weighted by Crippen LogP contribution is -2.26. The number of nitrogens with zero attached hydrogens (tertiary/aromatic N) is 1. The van der Waals surface area contributed by atoms with Crippen molar-refractivity contribution in [1.82, 2.24) is 0 Å². The normalized spacial score (nSPS) is 17.5. The molecule has 1 radical (unpaired) electrons. The Balaban J connectivity index is 1.95. The molecular weight excluding hydrogens is 276 g/mol. The number of hydrogen-bond donors (Lipinski definition) is 1. The standard InChI is InChI=1S/C18H27N2S/c1-2-3-4-5-9-12-16(18-20-13-14-21-18)17(19)15-10-7-6-8-11-15/h6-7,10-11,16-17H,2-5,9,12-14,19H2,1H3. The van der Waals surface area contributed by atoms with Crippen LogP contribution < -0.4 is 5.73 Å². The second kappa shape index (κ2) is 9.26. The zero-order valence-electron chi connectivity index (χ0n) is 13.1. The van der Waals surface area contributed by atoms with Crippen molar-refractivity contribution in [3.8, 4) is 0 Å². The van der Waals surface area contributed by atoms with Crippen LogP contribution in [0.3, 0.4) is 0 Å². The summed E-state index contributed by atoms with van der Waals surface area (Å²) in [6.45, 7) is 3.22. The van der Waals surface area contributed by atoms with Crippen molar-refractivity contribution in [3.63, 3.8) is 0 Å². The molecule has 3 heteroatoms. The van der Waals surface area contributed by atoms with Gasteiger partial charge >= 0.3 is 0 Å². The SMILES string of the molecule is CCCCCCCC(C1=NCCS1)C(N)c1c[c]ccc1. The summed E-state index contributed by atoms with van der Waals surface area (Å²) in [4.78, 5) is 4.69. The third-order valence-electron chi connectivity index (χ3n) is 4.09. The average molecular weight is 303 g/mol. The van der Waals surface area contributed by atoms with E-state index in [1.807, 2.05) is 30.0 Å². The molecule has 2 N–H and O–H groups in total. The summed E-state index contributed by atoms with van der Waals surface area (Å²) in [7, 11) is 0. The van der Waals surface area contributed by atoms with Gasteiger partial charge in [0.05, 0.1) is 5.04 Å². The summed E-state index contributed by atoms with van der Waals surface area (Å²) in [6, 6.07) is 11.3. The molecule has 21 heavy (non-hydrogen) atoms. The van der Waals surface area contributed by atoms with Gasteiger partial charge in [0.25, 0.3) is 0 Å². The van der Waals surface area contributed by atoms with Crippen LogP contribution in [0.1, 0.15) is 57.1 Å². The highest BCUT2D eigenvalue weighted by molar-refractivity contribution is 8.14. The lowest BCUT2D eigenvalue weighted by Gasteiger charge is -2.24. The molecular formula is C18H27N2S. The molecule has 2 rings (SSSR count). The third-order valence-corrected chi connectivity index (χ3v) is 5.21. The van der Waals surface area contributed by atoms with Crippen LogP contribution in [0.15, 0.2) is 29.3 Å². The lowest BCUT2D eigenvalue weighted by atomic mass is 9.89. The highest BCUT2D eigenvalue weighted by Crippen LogP contribution is 2.32. The molecule has 0 fully saturated rings. The van der Waals surface area contributed by atoms with Crippen molar-refractivity contribution in [2.24, 2.45) is 16.6 Å². The summed E-state index contributed by atoms with van der Waals surface area (Å²) in [6.07, 6.45) is 7.72. The van der Waals surface area contributed by atoms with Crippen molar-refractivity contribution in [2.75, 3.05) is 12.3 Å². The van der Waals surface area contributed by atoms with E-state index in [0.29, 0.717) is 5.92 Å². The quantitative estimate of drug-likeness (QED) is 0.677. The van der Waals surface area contributed by atoms with Crippen molar-refractivity contribution in [2.45, 2.75) is 51.5 Å². The van der Waals surface area contributed by atoms with Crippen LogP contribution in [0.4, 0.5) is 0 Å². The topological polar surface area (TPSA) is 38.4 Å². The fourth-order valence-electron chi connectivity index (χ4n) is 2.85. The van der Waals surface area contributed by atoms with Crippen LogP contribution >= 0.6 is 11.8 Å². The monoisotopic (exact) mass is 303 g/mol. The van der Waals surface area contributed by atoms with Gasteiger partial charge in [-0.2, -0.15) is 0 Å². The summed E-state index contributed by atoms with van der Waals surface area (Å²) in [5.41, 5.74) is 7.73. The minimum absolute atomic E-state index is 0.0537. The van der Waals surface area contributed by atoms with E-state index in [9.17, 15) is 0 Å². The predicted molar refractivity (Wildman–Crippen MR) is 93.8 cm³/mol. The molecule has 115 valence electrons. The van der Waals surface area contributed by atoms with Gasteiger partial charge in [-0.3, -0.25) is 4.99 Å². The zero-order chi connectivity index (χ0) is 14.9. The molecule has 0 bridgehead atoms. The van der Waals surface area contributed by atoms with Gasteiger partial charge in [0.1, 0.15) is 0 Å². The molecule has 1 aromatic carbocycles. The second-order valence-corrected chi connectivity index (χ2v) is 6.86. The lowest BCUT2D eigenvalue weighted by molar-refractivity contribution is 0.481. The smallest absolute Gasteiger partial charge is 0.0726 e. The van der Waals surface area contributed by atoms with Gasteiger partial charge in [-0.25, -0.2) is 0 Å². The molecule has 0 amide bonds. The third kappa shape index (κ3) is 5.15. The first-order chi connectivity index (χ1) is 10.3. The molecule has 0 aromatic heterocycles. The van der Waals surface area contributed by atoms with Crippen molar-refractivity contribution in [1.29, 1.82) is 0 Å². The Morgan fingerprint density at radius 1 is 1.33 bits per heavy atom. The van der Waals surface area contributed by atoms with Crippen LogP contribution in [-0.4, -0.2) is 17.3 Å². The number of aliphatic imine (C=N–C) groups is 1. The maximum Gasteiger partial charge on any atom is 0.0726 e. The van der Waals surface area contributed by atoms with Gasteiger partial charge in [0.15, 0.2) is 0 Å². The molecule has 2 atom stereocenters. The number of rotatable bonds is 9. The first-order valence-electron chi connectivity index (χ1n) is 8.21. The van der Waals surface area contributed by atoms with E-state index in [4.69, 9.17) is 5.73 Å². The number of unbranched alkanes of at least 4 members (excludes halogenated alkanes) is 4. The maximum atomic E-state index is 6.55. The van der Waals surface area contributed by atoms with Crippen LogP contribution in [0.25, 0.3) is 0 Å². The average Bonchev–Trinajstić information content (AvgIpc) is 3.05. The van der Waals surface area contributed by atoms with Crippen LogP contribution in [-0.2, 0) is 0 Å². The minimum Gasteiger partial charge on any atom is -0.323 e. The summed E-state index contributed by atoms with van der Waals surface area (Å²) >= 11 is 1.90. The van der Waals surface area contributed by atoms with Crippen LogP contribution in [0.2, 0.25) is 0 Å². The van der Waals surface area contributed by atoms with Crippen molar-refractivity contribution < 1.29 is 0 Å². The van der Waals surface area contributed by atoms with E-state index >= 15 is 0 Å². The highest BCUT2D eigenvalue weighted by Gasteiger charge is 2.26. The molecule has 1 aromatic rings. The molecule has 2 nitrogen and oxygen atoms in total. The number of nitrogens with two attached hydrogens (primary N) is 1. The summed E-state index contributed by atoms with van der Waals surface area (Å²) < 4.78 is 0. The number of hydrogen-bond acceptors (Lipinski definition) is 3. The van der Waals surface area contributed by atoms with Gasteiger partial charge in [-0.15, -0.1) is 11.8 Å². The van der Waals surface area contributed by atoms with Gasteiger partial charge in [-0.05, 0) is 24.1 Å². The summed E-state index contributed by atoms with van der Waals surface area (Å²) in [5, 5.41) is 1.28. The molecule has 1 aliphatic heterocycles. The van der Waals surface area contributed by atoms with E-state index in [0.717, 1.165) is 18.7 Å². The largest absolute Gasteiger partial charge is 0.323 e. The van der Waals surface area contributed by atoms with Gasteiger partial charge in [-0.1, -0.05) is 57.2 Å². The Hall–Kier alpha value is -0.800. The van der Waals surface area contributed by atoms with Gasteiger partial charge in [0, 0.05) is 24.3 Å². The number of thioether (sulfide) groups is 1. The fraction of sp³-hybridized carbons (Fsp3) is 0.611. The predicted octanol–water partition coefficient (Wildman–Crippen LogP) is 4.61. The molecule has 0 spiro atoms. The van der Waals surface area contributed by atoms with Crippen molar-refractivity contribution in [3.05, 3.63) is 35.9 Å². The van der Waals surface area contributed by atoms with E-state index in [1.54, 1.807) is 0 Å². The Morgan fingerprint density at radius 3 is 2.86 bits per heavy atom. The molecule has 2 unspecified atom stereocenters. The molecule has 1 heterocycles. The molecule has 1 aliphatic rings. The molecule has 0 saturated carbocycles. The Bertz CT molecular complexity index is 430. The first kappa shape index (κ1) is 16.6. The highest BCUT2D eigenvalue weighted by atomic mass is 32.2. The second-order valence-electron chi connectivity index (χ2n) is 5.74. The van der Waals surface area contributed by atoms with E-state index in [2.05, 4.69) is 24.0 Å². The summed E-state index contributed by atoms with van der Waals surface area (Å²) in [5.74, 6) is 1.50. The van der Waals surface area contributed by atoms with Crippen LogP contribution in [0, 0.1) is 12.0 Å². The van der Waals surface area contributed by atoms with E-state index in [1.165, 1.54) is 42.7 Å². The minimum atomic E-state index is 0.0537. The molecule has 0 aliphatic carbocycles. The number of benzene rings is 1. The van der Waals surface area contributed by atoms with E-state index < -0.39 is 0 Å². The van der Waals surface area contributed by atoms with Crippen LogP contribution in [0.5, 0.6) is 0 Å². The van der Waals surface area contributed by atoms with E-state index in [-0.39, 0.29) is 6.04 Å². The first-order valence-corrected chi connectivity index (χ1v) is 9.20. The van der Waals surface area contributed by atoms with Crippen molar-refractivity contribution >= 4 is 16.8 Å². The zero-order valence-corrected chi connectivity index (χ0v) is 13.9. The molecule has 0 saturated heterocycles. The Labute approximate surface area is 133 Å². The Morgan fingerprint density at radius 2 is 2.19 bits per heavy atom. The van der Waals surface area contributed by atoms with Gasteiger partial charge in [0.2, 0.25) is 0 Å². The Kier molecular flexibility index (Phi) is 7.31. The van der Waals surface area contributed by atoms with Gasteiger partial charge < -0.3 is 5.73 Å².